The van der Waals surface area contributed by atoms with Crippen molar-refractivity contribution in [1.82, 2.24) is 20.1 Å². The average molecular weight is 500 g/mol. The van der Waals surface area contributed by atoms with Crippen molar-refractivity contribution in [2.45, 2.75) is 39.7 Å². The fourth-order valence-electron chi connectivity index (χ4n) is 3.92. The van der Waals surface area contributed by atoms with Gasteiger partial charge in [0.15, 0.2) is 5.96 Å². The highest BCUT2D eigenvalue weighted by molar-refractivity contribution is 14.0. The maximum Gasteiger partial charge on any atom is 0.194 e. The summed E-state index contributed by atoms with van der Waals surface area (Å²) in [5.74, 6) is 3.02. The fourth-order valence-corrected chi connectivity index (χ4v) is 3.92. The van der Waals surface area contributed by atoms with Gasteiger partial charge < -0.3 is 15.1 Å². The lowest BCUT2D eigenvalue weighted by atomic mass is 9.98. The van der Waals surface area contributed by atoms with Gasteiger partial charge in [-0.15, -0.1) is 24.0 Å². The number of hydrogen-bond acceptors (Lipinski definition) is 4. The van der Waals surface area contributed by atoms with E-state index in [1.165, 1.54) is 25.9 Å². The Hall–Kier alpha value is -1.09. The molecule has 1 unspecified atom stereocenters. The van der Waals surface area contributed by atoms with E-state index in [9.17, 15) is 0 Å². The van der Waals surface area contributed by atoms with Gasteiger partial charge in [0, 0.05) is 45.0 Å². The molecular formula is C21H37IN6. The third kappa shape index (κ3) is 6.47. The summed E-state index contributed by atoms with van der Waals surface area (Å²) in [6.07, 6.45) is 4.52. The molecule has 3 rings (SSSR count). The van der Waals surface area contributed by atoms with Gasteiger partial charge in [-0.25, -0.2) is 4.98 Å². The van der Waals surface area contributed by atoms with Crippen molar-refractivity contribution in [1.29, 1.82) is 0 Å². The second-order valence-corrected chi connectivity index (χ2v) is 7.92. The van der Waals surface area contributed by atoms with Crippen LogP contribution in [0.3, 0.4) is 0 Å². The standard InChI is InChI=1S/C21H36N6.HI/c1-4-22-21(24-17-19(3)25-11-8-18(2)9-12-25)27-15-13-26(14-16-27)20-7-5-6-10-23-20;/h5-7,10,18-19H,4,8-9,11-17H2,1-3H3,(H,22,24);1H. The molecule has 0 aromatic carbocycles. The molecule has 0 radical (unpaired) electrons. The van der Waals surface area contributed by atoms with E-state index in [0.29, 0.717) is 6.04 Å². The predicted octanol–water partition coefficient (Wildman–Crippen LogP) is 2.91. The first-order chi connectivity index (χ1) is 13.2. The van der Waals surface area contributed by atoms with E-state index in [-0.39, 0.29) is 24.0 Å². The number of piperazine rings is 1. The van der Waals surface area contributed by atoms with E-state index in [4.69, 9.17) is 4.99 Å². The second kappa shape index (κ2) is 11.8. The quantitative estimate of drug-likeness (QED) is 0.383. The molecule has 0 aliphatic carbocycles. The van der Waals surface area contributed by atoms with Crippen LogP contribution in [0.4, 0.5) is 5.82 Å². The van der Waals surface area contributed by atoms with Crippen LogP contribution < -0.4 is 10.2 Å². The highest BCUT2D eigenvalue weighted by Crippen LogP contribution is 2.18. The Morgan fingerprint density at radius 2 is 1.89 bits per heavy atom. The normalized spacial score (nSPS) is 20.6. The molecule has 0 bridgehead atoms. The number of anilines is 1. The number of aromatic nitrogens is 1. The van der Waals surface area contributed by atoms with E-state index >= 15 is 0 Å². The third-order valence-corrected chi connectivity index (χ3v) is 5.83. The maximum atomic E-state index is 4.98. The number of aliphatic imine (C=N–C) groups is 1. The lowest BCUT2D eigenvalue weighted by Crippen LogP contribution is -2.53. The summed E-state index contributed by atoms with van der Waals surface area (Å²) in [5.41, 5.74) is 0. The summed E-state index contributed by atoms with van der Waals surface area (Å²) in [7, 11) is 0. The molecule has 3 heterocycles. The number of nitrogens with zero attached hydrogens (tertiary/aromatic N) is 5. The van der Waals surface area contributed by atoms with Gasteiger partial charge in [0.2, 0.25) is 0 Å². The molecule has 1 atom stereocenters. The summed E-state index contributed by atoms with van der Waals surface area (Å²) in [5, 5.41) is 3.50. The van der Waals surface area contributed by atoms with Gasteiger partial charge in [-0.2, -0.15) is 0 Å². The lowest BCUT2D eigenvalue weighted by Gasteiger charge is -2.37. The first-order valence-corrected chi connectivity index (χ1v) is 10.6. The van der Waals surface area contributed by atoms with Gasteiger partial charge in [0.1, 0.15) is 5.82 Å². The summed E-state index contributed by atoms with van der Waals surface area (Å²) in [4.78, 5) is 16.8. The molecule has 28 heavy (non-hydrogen) atoms. The lowest BCUT2D eigenvalue weighted by molar-refractivity contribution is 0.150. The van der Waals surface area contributed by atoms with Crippen LogP contribution in [0.25, 0.3) is 0 Å². The molecule has 0 amide bonds. The van der Waals surface area contributed by atoms with Crippen molar-refractivity contribution < 1.29 is 0 Å². The van der Waals surface area contributed by atoms with Crippen LogP contribution in [0.15, 0.2) is 29.4 Å². The molecule has 1 N–H and O–H groups in total. The number of rotatable bonds is 5. The Kier molecular flexibility index (Phi) is 9.77. The highest BCUT2D eigenvalue weighted by atomic mass is 127. The minimum absolute atomic E-state index is 0. The van der Waals surface area contributed by atoms with Gasteiger partial charge >= 0.3 is 0 Å². The van der Waals surface area contributed by atoms with E-state index < -0.39 is 0 Å². The Morgan fingerprint density at radius 1 is 1.18 bits per heavy atom. The minimum Gasteiger partial charge on any atom is -0.357 e. The van der Waals surface area contributed by atoms with Crippen LogP contribution in [-0.2, 0) is 0 Å². The van der Waals surface area contributed by atoms with Crippen LogP contribution in [0, 0.1) is 5.92 Å². The van der Waals surface area contributed by atoms with E-state index in [1.54, 1.807) is 0 Å². The smallest absolute Gasteiger partial charge is 0.194 e. The van der Waals surface area contributed by atoms with E-state index in [1.807, 2.05) is 12.3 Å². The molecule has 0 saturated carbocycles. The fraction of sp³-hybridized carbons (Fsp3) is 0.714. The monoisotopic (exact) mass is 500 g/mol. The van der Waals surface area contributed by atoms with Crippen LogP contribution in [0.2, 0.25) is 0 Å². The molecule has 1 aromatic rings. The van der Waals surface area contributed by atoms with Gasteiger partial charge in [-0.3, -0.25) is 9.89 Å². The zero-order valence-electron chi connectivity index (χ0n) is 17.7. The summed E-state index contributed by atoms with van der Waals surface area (Å²) in [6.45, 7) is 15.0. The van der Waals surface area contributed by atoms with Gasteiger partial charge in [0.25, 0.3) is 0 Å². The van der Waals surface area contributed by atoms with Crippen LogP contribution >= 0.6 is 24.0 Å². The Balaban J connectivity index is 0.00000280. The third-order valence-electron chi connectivity index (χ3n) is 5.83. The number of pyridine rings is 1. The Labute approximate surface area is 187 Å². The topological polar surface area (TPSA) is 47.0 Å². The Bertz CT molecular complexity index is 580. The molecule has 2 aliphatic rings. The molecule has 7 heteroatoms. The maximum absolute atomic E-state index is 4.98. The number of likely N-dealkylation sites (tertiary alicyclic amines) is 1. The van der Waals surface area contributed by atoms with Crippen LogP contribution in [0.1, 0.15) is 33.6 Å². The Morgan fingerprint density at radius 3 is 2.50 bits per heavy atom. The first-order valence-electron chi connectivity index (χ1n) is 10.6. The van der Waals surface area contributed by atoms with Crippen LogP contribution in [0.5, 0.6) is 0 Å². The molecule has 1 aromatic heterocycles. The number of nitrogens with one attached hydrogen (secondary N) is 1. The summed E-state index contributed by atoms with van der Waals surface area (Å²) < 4.78 is 0. The molecule has 158 valence electrons. The zero-order valence-corrected chi connectivity index (χ0v) is 20.0. The van der Waals surface area contributed by atoms with Crippen molar-refractivity contribution in [3.8, 4) is 0 Å². The SMILES string of the molecule is CCNC(=NCC(C)N1CCC(C)CC1)N1CCN(c2ccccn2)CC1.I. The number of piperidine rings is 1. The first kappa shape index (κ1) is 23.2. The van der Waals surface area contributed by atoms with Crippen LogP contribution in [-0.4, -0.2) is 79.1 Å². The van der Waals surface area contributed by atoms with E-state index in [0.717, 1.165) is 57.0 Å². The highest BCUT2D eigenvalue weighted by Gasteiger charge is 2.22. The van der Waals surface area contributed by atoms with Gasteiger partial charge in [0.05, 0.1) is 6.54 Å². The number of hydrogen-bond donors (Lipinski definition) is 1. The molecule has 2 aliphatic heterocycles. The van der Waals surface area contributed by atoms with Gasteiger partial charge in [-0.05, 0) is 57.8 Å². The molecular weight excluding hydrogens is 463 g/mol. The van der Waals surface area contributed by atoms with Crippen molar-refractivity contribution in [2.75, 3.05) is 57.3 Å². The zero-order chi connectivity index (χ0) is 19.1. The van der Waals surface area contributed by atoms with Gasteiger partial charge in [-0.1, -0.05) is 13.0 Å². The molecule has 0 spiro atoms. The average Bonchev–Trinajstić information content (AvgIpc) is 2.72. The minimum atomic E-state index is 0. The van der Waals surface area contributed by atoms with Crippen molar-refractivity contribution >= 4 is 35.8 Å². The second-order valence-electron chi connectivity index (χ2n) is 7.92. The van der Waals surface area contributed by atoms with E-state index in [2.05, 4.69) is 57.9 Å². The number of guanidine groups is 1. The van der Waals surface area contributed by atoms with Crippen molar-refractivity contribution in [3.63, 3.8) is 0 Å². The predicted molar refractivity (Wildman–Crippen MR) is 129 cm³/mol. The van der Waals surface area contributed by atoms with Crippen molar-refractivity contribution in [2.24, 2.45) is 10.9 Å². The summed E-state index contributed by atoms with van der Waals surface area (Å²) in [6, 6.07) is 6.64. The molecule has 2 fully saturated rings. The van der Waals surface area contributed by atoms with Crippen molar-refractivity contribution in [3.05, 3.63) is 24.4 Å². The number of halogens is 1. The largest absolute Gasteiger partial charge is 0.357 e. The molecule has 2 saturated heterocycles. The summed E-state index contributed by atoms with van der Waals surface area (Å²) >= 11 is 0. The molecule has 6 nitrogen and oxygen atoms in total.